The van der Waals surface area contributed by atoms with Crippen molar-refractivity contribution < 1.29 is 24.4 Å². The molecular weight excluding hydrogens is 248 g/mol. The summed E-state index contributed by atoms with van der Waals surface area (Å²) in [5.74, 6) is 0. The molecule has 0 bridgehead atoms. The van der Waals surface area contributed by atoms with Crippen LogP contribution in [0.25, 0.3) is 0 Å². The maximum Gasteiger partial charge on any atom is 0.184 e. The van der Waals surface area contributed by atoms with Gasteiger partial charge in [0, 0.05) is 5.56 Å². The van der Waals surface area contributed by atoms with E-state index in [4.69, 9.17) is 14.2 Å². The lowest BCUT2D eigenvalue weighted by Gasteiger charge is -2.45. The van der Waals surface area contributed by atoms with E-state index in [1.54, 1.807) is 6.92 Å². The number of rotatable bonds is 1. The molecular formula is C14H18O5. The number of aliphatic hydroxyl groups excluding tert-OH is 2. The zero-order valence-corrected chi connectivity index (χ0v) is 10.7. The highest BCUT2D eigenvalue weighted by atomic mass is 16.7. The van der Waals surface area contributed by atoms with Gasteiger partial charge >= 0.3 is 0 Å². The summed E-state index contributed by atoms with van der Waals surface area (Å²) in [4.78, 5) is 0. The maximum atomic E-state index is 10.1. The molecule has 6 atom stereocenters. The molecule has 1 aromatic rings. The third-order valence-electron chi connectivity index (χ3n) is 3.69. The van der Waals surface area contributed by atoms with Crippen molar-refractivity contribution in [1.29, 1.82) is 0 Å². The molecule has 0 aromatic heterocycles. The van der Waals surface area contributed by atoms with Gasteiger partial charge in [-0.05, 0) is 6.92 Å². The zero-order chi connectivity index (χ0) is 13.4. The largest absolute Gasteiger partial charge is 0.388 e. The first-order chi connectivity index (χ1) is 9.16. The molecule has 2 aliphatic rings. The van der Waals surface area contributed by atoms with Gasteiger partial charge in [0.15, 0.2) is 6.29 Å². The average Bonchev–Trinajstić information content (AvgIpc) is 2.46. The van der Waals surface area contributed by atoms with Crippen molar-refractivity contribution in [3.05, 3.63) is 35.9 Å². The second kappa shape index (κ2) is 5.19. The van der Waals surface area contributed by atoms with E-state index in [9.17, 15) is 10.2 Å². The lowest BCUT2D eigenvalue weighted by molar-refractivity contribution is -0.326. The van der Waals surface area contributed by atoms with Crippen LogP contribution in [0, 0.1) is 0 Å². The Balaban J connectivity index is 1.75. The predicted molar refractivity (Wildman–Crippen MR) is 66.4 cm³/mol. The van der Waals surface area contributed by atoms with Crippen LogP contribution in [0.1, 0.15) is 18.8 Å². The molecule has 19 heavy (non-hydrogen) atoms. The van der Waals surface area contributed by atoms with Crippen molar-refractivity contribution in [1.82, 2.24) is 0 Å². The Morgan fingerprint density at radius 3 is 2.53 bits per heavy atom. The van der Waals surface area contributed by atoms with Gasteiger partial charge in [-0.25, -0.2) is 0 Å². The van der Waals surface area contributed by atoms with Crippen LogP contribution in [0.2, 0.25) is 0 Å². The van der Waals surface area contributed by atoms with Gasteiger partial charge in [0.1, 0.15) is 24.4 Å². The second-order valence-corrected chi connectivity index (χ2v) is 5.04. The Kier molecular flexibility index (Phi) is 3.56. The Morgan fingerprint density at radius 1 is 1.05 bits per heavy atom. The van der Waals surface area contributed by atoms with Crippen molar-refractivity contribution in [2.24, 2.45) is 0 Å². The average molecular weight is 266 g/mol. The number of hydrogen-bond acceptors (Lipinski definition) is 5. The molecule has 2 N–H and O–H groups in total. The van der Waals surface area contributed by atoms with E-state index >= 15 is 0 Å². The molecule has 1 aromatic carbocycles. The number of fused-ring (bicyclic) bond motifs is 1. The first-order valence-corrected chi connectivity index (χ1v) is 6.50. The van der Waals surface area contributed by atoms with Gasteiger partial charge in [0.05, 0.1) is 12.7 Å². The fourth-order valence-electron chi connectivity index (χ4n) is 2.58. The fourth-order valence-corrected chi connectivity index (χ4v) is 2.58. The van der Waals surface area contributed by atoms with Gasteiger partial charge in [-0.1, -0.05) is 30.3 Å². The van der Waals surface area contributed by atoms with Crippen LogP contribution < -0.4 is 0 Å². The summed E-state index contributed by atoms with van der Waals surface area (Å²) in [6.45, 7) is 2.08. The fraction of sp³-hybridized carbons (Fsp3) is 0.571. The molecule has 0 spiro atoms. The van der Waals surface area contributed by atoms with Crippen molar-refractivity contribution in [3.8, 4) is 0 Å². The third-order valence-corrected chi connectivity index (χ3v) is 3.69. The highest BCUT2D eigenvalue weighted by molar-refractivity contribution is 5.16. The smallest absolute Gasteiger partial charge is 0.184 e. The Bertz CT molecular complexity index is 421. The molecule has 0 radical (unpaired) electrons. The summed E-state index contributed by atoms with van der Waals surface area (Å²) in [6, 6.07) is 9.52. The first kappa shape index (κ1) is 13.0. The van der Waals surface area contributed by atoms with Crippen molar-refractivity contribution in [2.45, 2.75) is 43.7 Å². The molecule has 104 valence electrons. The lowest BCUT2D eigenvalue weighted by atomic mass is 9.95. The van der Waals surface area contributed by atoms with Gasteiger partial charge in [-0.3, -0.25) is 0 Å². The molecule has 2 aliphatic heterocycles. The van der Waals surface area contributed by atoms with Gasteiger partial charge in [-0.2, -0.15) is 0 Å². The summed E-state index contributed by atoms with van der Waals surface area (Å²) in [5.41, 5.74) is 0.890. The topological polar surface area (TPSA) is 68.2 Å². The maximum absolute atomic E-state index is 10.1. The Labute approximate surface area is 111 Å². The zero-order valence-electron chi connectivity index (χ0n) is 10.7. The van der Waals surface area contributed by atoms with E-state index in [1.165, 1.54) is 0 Å². The highest BCUT2D eigenvalue weighted by Gasteiger charge is 2.47. The van der Waals surface area contributed by atoms with E-state index in [0.717, 1.165) is 5.56 Å². The van der Waals surface area contributed by atoms with Crippen LogP contribution in [-0.2, 0) is 14.2 Å². The molecule has 2 fully saturated rings. The summed E-state index contributed by atoms with van der Waals surface area (Å²) in [6.07, 6.45) is -3.74. The SMILES string of the molecule is CC1OC2COC(c3ccccc3)OC2C(O)C1O. The second-order valence-electron chi connectivity index (χ2n) is 5.04. The number of ether oxygens (including phenoxy) is 3. The van der Waals surface area contributed by atoms with Crippen LogP contribution in [-0.4, -0.2) is 47.3 Å². The summed E-state index contributed by atoms with van der Waals surface area (Å²) < 4.78 is 17.0. The van der Waals surface area contributed by atoms with Crippen LogP contribution in [0.4, 0.5) is 0 Å². The van der Waals surface area contributed by atoms with Gasteiger partial charge < -0.3 is 24.4 Å². The van der Waals surface area contributed by atoms with E-state index in [0.29, 0.717) is 6.61 Å². The third kappa shape index (κ3) is 2.40. The normalized spacial score (nSPS) is 42.7. The van der Waals surface area contributed by atoms with E-state index in [1.807, 2.05) is 30.3 Å². The van der Waals surface area contributed by atoms with Crippen LogP contribution in [0.3, 0.4) is 0 Å². The molecule has 5 heteroatoms. The number of benzene rings is 1. The van der Waals surface area contributed by atoms with Gasteiger partial charge in [0.25, 0.3) is 0 Å². The molecule has 6 unspecified atom stereocenters. The summed E-state index contributed by atoms with van der Waals surface area (Å²) in [7, 11) is 0. The Morgan fingerprint density at radius 2 is 1.79 bits per heavy atom. The van der Waals surface area contributed by atoms with Crippen molar-refractivity contribution in [2.75, 3.05) is 6.61 Å². The molecule has 5 nitrogen and oxygen atoms in total. The van der Waals surface area contributed by atoms with E-state index in [-0.39, 0.29) is 6.10 Å². The monoisotopic (exact) mass is 266 g/mol. The van der Waals surface area contributed by atoms with Crippen molar-refractivity contribution in [3.63, 3.8) is 0 Å². The number of hydrogen-bond donors (Lipinski definition) is 2. The molecule has 0 aliphatic carbocycles. The van der Waals surface area contributed by atoms with Gasteiger partial charge in [-0.15, -0.1) is 0 Å². The minimum Gasteiger partial charge on any atom is -0.388 e. The lowest BCUT2D eigenvalue weighted by Crippen LogP contribution is -2.60. The summed E-state index contributed by atoms with van der Waals surface area (Å²) in [5, 5.41) is 19.9. The van der Waals surface area contributed by atoms with E-state index in [2.05, 4.69) is 0 Å². The molecule has 0 amide bonds. The molecule has 2 heterocycles. The quantitative estimate of drug-likeness (QED) is 0.779. The predicted octanol–water partition coefficient (Wildman–Crippen LogP) is 0.610. The summed E-state index contributed by atoms with van der Waals surface area (Å²) >= 11 is 0. The number of aliphatic hydroxyl groups is 2. The minimum atomic E-state index is -0.955. The standard InChI is InChI=1S/C14H18O5/c1-8-11(15)12(16)13-10(18-8)7-17-14(19-13)9-5-3-2-4-6-9/h2-6,8,10-16H,7H2,1H3. The Hall–Kier alpha value is -0.980. The first-order valence-electron chi connectivity index (χ1n) is 6.50. The van der Waals surface area contributed by atoms with Crippen LogP contribution >= 0.6 is 0 Å². The van der Waals surface area contributed by atoms with E-state index < -0.39 is 30.7 Å². The molecule has 0 saturated carbocycles. The highest BCUT2D eigenvalue weighted by Crippen LogP contribution is 2.33. The van der Waals surface area contributed by atoms with Crippen LogP contribution in [0.5, 0.6) is 0 Å². The molecule has 3 rings (SSSR count). The minimum absolute atomic E-state index is 0.339. The molecule has 2 saturated heterocycles. The van der Waals surface area contributed by atoms with Crippen molar-refractivity contribution >= 4 is 0 Å². The van der Waals surface area contributed by atoms with Crippen LogP contribution in [0.15, 0.2) is 30.3 Å². The van der Waals surface area contributed by atoms with Gasteiger partial charge in [0.2, 0.25) is 0 Å².